The molecule has 43 heavy (non-hydrogen) atoms. The monoisotopic (exact) mass is 627 g/mol. The number of halogens is 1. The van der Waals surface area contributed by atoms with E-state index in [-0.39, 0.29) is 43.8 Å². The molecule has 0 unspecified atom stereocenters. The number of para-hydroxylation sites is 2. The first-order valence-corrected chi connectivity index (χ1v) is 16.8. The van der Waals surface area contributed by atoms with Crippen molar-refractivity contribution in [2.24, 2.45) is 0 Å². The van der Waals surface area contributed by atoms with Gasteiger partial charge in [-0.1, -0.05) is 73.1 Å². The van der Waals surface area contributed by atoms with Crippen molar-refractivity contribution in [1.82, 2.24) is 10.2 Å². The van der Waals surface area contributed by atoms with Crippen LogP contribution in [0.5, 0.6) is 5.75 Å². The standard InChI is InChI=1S/C33H42ClN3O5S/c1-5-25(3)35-33(39)30(23-26-14-8-7-9-15-26)36(24-27-16-12-17-28(34)22-27)32(38)20-13-21-37(43(4,40)41)29-18-10-11-19-31(29)42-6-2/h7-12,14-19,22,25,30H,5-6,13,20-21,23-24H2,1-4H3,(H,35,39)/t25-,30-/m1/s1. The predicted octanol–water partition coefficient (Wildman–Crippen LogP) is 5.84. The fourth-order valence-electron chi connectivity index (χ4n) is 4.75. The number of anilines is 1. The van der Waals surface area contributed by atoms with E-state index in [0.29, 0.717) is 29.5 Å². The van der Waals surface area contributed by atoms with E-state index in [1.165, 1.54) is 4.31 Å². The number of carbonyl (C=O) groups is 2. The first-order chi connectivity index (χ1) is 20.5. The van der Waals surface area contributed by atoms with E-state index in [9.17, 15) is 18.0 Å². The molecule has 0 radical (unpaired) electrons. The van der Waals surface area contributed by atoms with Gasteiger partial charge in [0.05, 0.1) is 18.6 Å². The van der Waals surface area contributed by atoms with Gasteiger partial charge in [-0.25, -0.2) is 8.42 Å². The summed E-state index contributed by atoms with van der Waals surface area (Å²) in [5, 5.41) is 3.59. The summed E-state index contributed by atoms with van der Waals surface area (Å²) in [5.74, 6) is -0.0438. The van der Waals surface area contributed by atoms with Crippen molar-refractivity contribution < 1.29 is 22.7 Å². The Morgan fingerprint density at radius 2 is 1.63 bits per heavy atom. The van der Waals surface area contributed by atoms with Gasteiger partial charge in [0.25, 0.3) is 0 Å². The highest BCUT2D eigenvalue weighted by atomic mass is 35.5. The van der Waals surface area contributed by atoms with Crippen LogP contribution in [-0.4, -0.2) is 56.6 Å². The maximum Gasteiger partial charge on any atom is 0.243 e. The summed E-state index contributed by atoms with van der Waals surface area (Å²) in [6.45, 7) is 6.38. The molecule has 8 nitrogen and oxygen atoms in total. The van der Waals surface area contributed by atoms with Gasteiger partial charge in [0.1, 0.15) is 11.8 Å². The lowest BCUT2D eigenvalue weighted by molar-refractivity contribution is -0.141. The first kappa shape index (κ1) is 33.9. The smallest absolute Gasteiger partial charge is 0.243 e. The minimum absolute atomic E-state index is 0.0330. The van der Waals surface area contributed by atoms with E-state index >= 15 is 0 Å². The summed E-state index contributed by atoms with van der Waals surface area (Å²) in [6, 6.07) is 22.9. The molecule has 3 rings (SSSR count). The van der Waals surface area contributed by atoms with Crippen LogP contribution in [0.25, 0.3) is 0 Å². The van der Waals surface area contributed by atoms with Crippen LogP contribution in [0.1, 0.15) is 51.2 Å². The summed E-state index contributed by atoms with van der Waals surface area (Å²) >= 11 is 6.27. The summed E-state index contributed by atoms with van der Waals surface area (Å²) in [4.78, 5) is 29.3. The van der Waals surface area contributed by atoms with E-state index in [1.54, 1.807) is 41.3 Å². The average Bonchev–Trinajstić information content (AvgIpc) is 2.97. The topological polar surface area (TPSA) is 96.0 Å². The number of amides is 2. The van der Waals surface area contributed by atoms with Crippen molar-refractivity contribution >= 4 is 39.1 Å². The van der Waals surface area contributed by atoms with Gasteiger partial charge in [0, 0.05) is 37.0 Å². The summed E-state index contributed by atoms with van der Waals surface area (Å²) in [7, 11) is -3.67. The second-order valence-corrected chi connectivity index (χ2v) is 12.9. The summed E-state index contributed by atoms with van der Waals surface area (Å²) in [5.41, 5.74) is 2.13. The quantitative estimate of drug-likeness (QED) is 0.215. The lowest BCUT2D eigenvalue weighted by atomic mass is 10.0. The lowest BCUT2D eigenvalue weighted by Crippen LogP contribution is -2.52. The molecule has 0 heterocycles. The molecular weight excluding hydrogens is 586 g/mol. The first-order valence-electron chi connectivity index (χ1n) is 14.6. The number of benzene rings is 3. The molecule has 3 aromatic carbocycles. The van der Waals surface area contributed by atoms with Gasteiger partial charge < -0.3 is 15.0 Å². The molecule has 3 aromatic rings. The Bertz CT molecular complexity index is 1450. The number of nitrogens with zero attached hydrogens (tertiary/aromatic N) is 2. The van der Waals surface area contributed by atoms with Crippen LogP contribution < -0.4 is 14.4 Å². The molecule has 0 aliphatic carbocycles. The number of nitrogens with one attached hydrogen (secondary N) is 1. The zero-order valence-electron chi connectivity index (χ0n) is 25.3. The third-order valence-electron chi connectivity index (χ3n) is 7.10. The normalized spacial score (nSPS) is 12.7. The van der Waals surface area contributed by atoms with Gasteiger partial charge in [-0.05, 0) is 62.1 Å². The van der Waals surface area contributed by atoms with Gasteiger partial charge in [-0.15, -0.1) is 0 Å². The van der Waals surface area contributed by atoms with Crippen molar-refractivity contribution in [3.8, 4) is 5.75 Å². The molecule has 0 saturated heterocycles. The molecule has 0 bridgehead atoms. The van der Waals surface area contributed by atoms with Gasteiger partial charge in [-0.3, -0.25) is 13.9 Å². The van der Waals surface area contributed by atoms with E-state index in [2.05, 4.69) is 5.32 Å². The van der Waals surface area contributed by atoms with Crippen LogP contribution in [0.3, 0.4) is 0 Å². The average molecular weight is 628 g/mol. The van der Waals surface area contributed by atoms with E-state index in [4.69, 9.17) is 16.3 Å². The third kappa shape index (κ3) is 10.3. The van der Waals surface area contributed by atoms with Gasteiger partial charge in [0.2, 0.25) is 21.8 Å². The molecule has 0 saturated carbocycles. The Morgan fingerprint density at radius 3 is 2.28 bits per heavy atom. The zero-order chi connectivity index (χ0) is 31.4. The molecule has 232 valence electrons. The molecule has 0 aromatic heterocycles. The molecule has 1 N–H and O–H groups in total. The number of hydrogen-bond donors (Lipinski definition) is 1. The Labute approximate surface area is 261 Å². The summed E-state index contributed by atoms with van der Waals surface area (Å²) < 4.78 is 32.6. The molecule has 0 aliphatic heterocycles. The van der Waals surface area contributed by atoms with Crippen LogP contribution in [-0.2, 0) is 32.6 Å². The molecule has 0 spiro atoms. The van der Waals surface area contributed by atoms with Crippen molar-refractivity contribution in [1.29, 1.82) is 0 Å². The minimum atomic E-state index is -3.67. The molecule has 2 atom stereocenters. The Balaban J connectivity index is 1.91. The van der Waals surface area contributed by atoms with Crippen LogP contribution in [0.2, 0.25) is 5.02 Å². The molecular formula is C33H42ClN3O5S. The molecule has 0 fully saturated rings. The van der Waals surface area contributed by atoms with Crippen LogP contribution in [0, 0.1) is 0 Å². The van der Waals surface area contributed by atoms with E-state index < -0.39 is 16.1 Å². The molecule has 0 aliphatic rings. The SMILES string of the molecule is CCOc1ccccc1N(CCCC(=O)N(Cc1cccc(Cl)c1)[C@H](Cc1ccccc1)C(=O)N[C@H](C)CC)S(C)(=O)=O. The van der Waals surface area contributed by atoms with E-state index in [1.807, 2.05) is 63.2 Å². The van der Waals surface area contributed by atoms with Crippen molar-refractivity contribution in [2.75, 3.05) is 23.7 Å². The highest BCUT2D eigenvalue weighted by Gasteiger charge is 2.31. The van der Waals surface area contributed by atoms with Gasteiger partial charge in [0.15, 0.2) is 0 Å². The maximum atomic E-state index is 14.0. The Kier molecular flexibility index (Phi) is 12.9. The number of ether oxygens (including phenoxy) is 1. The minimum Gasteiger partial charge on any atom is -0.492 e. The second kappa shape index (κ2) is 16.3. The van der Waals surface area contributed by atoms with Gasteiger partial charge in [-0.2, -0.15) is 0 Å². The lowest BCUT2D eigenvalue weighted by Gasteiger charge is -2.33. The third-order valence-corrected chi connectivity index (χ3v) is 8.52. The number of rotatable bonds is 16. The Hall–Kier alpha value is -3.56. The van der Waals surface area contributed by atoms with Gasteiger partial charge >= 0.3 is 0 Å². The second-order valence-electron chi connectivity index (χ2n) is 10.5. The van der Waals surface area contributed by atoms with Crippen LogP contribution >= 0.6 is 11.6 Å². The predicted molar refractivity (Wildman–Crippen MR) is 173 cm³/mol. The fraction of sp³-hybridized carbons (Fsp3) is 0.394. The largest absolute Gasteiger partial charge is 0.492 e. The van der Waals surface area contributed by atoms with Crippen molar-refractivity contribution in [3.63, 3.8) is 0 Å². The highest BCUT2D eigenvalue weighted by Crippen LogP contribution is 2.30. The Morgan fingerprint density at radius 1 is 0.953 bits per heavy atom. The number of sulfonamides is 1. The maximum absolute atomic E-state index is 14.0. The number of hydrogen-bond acceptors (Lipinski definition) is 5. The van der Waals surface area contributed by atoms with Crippen molar-refractivity contribution in [2.45, 2.75) is 65.1 Å². The van der Waals surface area contributed by atoms with Crippen molar-refractivity contribution in [3.05, 3.63) is 95.0 Å². The highest BCUT2D eigenvalue weighted by molar-refractivity contribution is 7.92. The van der Waals surface area contributed by atoms with Crippen LogP contribution in [0.4, 0.5) is 5.69 Å². The van der Waals surface area contributed by atoms with Crippen LogP contribution in [0.15, 0.2) is 78.9 Å². The fourth-order valence-corrected chi connectivity index (χ4v) is 5.93. The zero-order valence-corrected chi connectivity index (χ0v) is 26.9. The number of carbonyl (C=O) groups excluding carboxylic acids is 2. The summed E-state index contributed by atoms with van der Waals surface area (Å²) in [6.07, 6.45) is 2.48. The molecule has 10 heteroatoms. The molecule has 2 amide bonds. The van der Waals surface area contributed by atoms with E-state index in [0.717, 1.165) is 23.8 Å².